The van der Waals surface area contributed by atoms with Gasteiger partial charge in [0.25, 0.3) is 0 Å². The van der Waals surface area contributed by atoms with E-state index in [1.807, 2.05) is 32.8 Å². The summed E-state index contributed by atoms with van der Waals surface area (Å²) < 4.78 is 10.6. The maximum absolute atomic E-state index is 11.7. The number of rotatable bonds is 6. The van der Waals surface area contributed by atoms with Gasteiger partial charge in [-0.2, -0.15) is 0 Å². The van der Waals surface area contributed by atoms with Crippen LogP contribution in [0.2, 0.25) is 0 Å². The highest BCUT2D eigenvalue weighted by Crippen LogP contribution is 2.24. The van der Waals surface area contributed by atoms with E-state index in [1.54, 1.807) is 6.92 Å². The highest BCUT2D eigenvalue weighted by Gasteiger charge is 2.23. The van der Waals surface area contributed by atoms with Gasteiger partial charge in [0.1, 0.15) is 12.3 Å². The zero-order valence-electron chi connectivity index (χ0n) is 12.8. The Bertz CT molecular complexity index is 473. The molecule has 1 aromatic rings. The van der Waals surface area contributed by atoms with Crippen LogP contribution in [0.15, 0.2) is 12.3 Å². The van der Waals surface area contributed by atoms with Crippen LogP contribution in [0, 0.1) is 0 Å². The normalized spacial score (nSPS) is 11.5. The number of nitrogen functional groups attached to an aromatic ring is 1. The maximum Gasteiger partial charge on any atom is 0.340 e. The van der Waals surface area contributed by atoms with Gasteiger partial charge in [-0.3, -0.25) is 0 Å². The molecule has 0 aliphatic carbocycles. The molecule has 1 heterocycles. The summed E-state index contributed by atoms with van der Waals surface area (Å²) in [4.78, 5) is 17.8. The number of carbonyl (C=O) groups excluding carboxylic acids is 1. The molecule has 0 fully saturated rings. The third kappa shape index (κ3) is 3.84. The Balaban J connectivity index is 2.87. The van der Waals surface area contributed by atoms with E-state index in [0.717, 1.165) is 0 Å². The van der Waals surface area contributed by atoms with Crippen LogP contribution >= 0.6 is 0 Å². The minimum atomic E-state index is -0.468. The average Bonchev–Trinajstić information content (AvgIpc) is 2.37. The first kappa shape index (κ1) is 16.2. The molecule has 1 aromatic heterocycles. The monoisotopic (exact) mass is 281 g/mol. The second-order valence-corrected chi connectivity index (χ2v) is 5.29. The van der Waals surface area contributed by atoms with Crippen LogP contribution in [0.25, 0.3) is 0 Å². The predicted octanol–water partition coefficient (Wildman–Crippen LogP) is 1.56. The summed E-state index contributed by atoms with van der Waals surface area (Å²) in [6, 6.07) is 1.53. The number of esters is 1. The van der Waals surface area contributed by atoms with E-state index in [2.05, 4.69) is 4.98 Å². The molecule has 2 N–H and O–H groups in total. The Morgan fingerprint density at radius 1 is 1.45 bits per heavy atom. The molecular formula is C14H23N3O3. The second-order valence-electron chi connectivity index (χ2n) is 5.29. The number of ether oxygens (including phenoxy) is 2. The van der Waals surface area contributed by atoms with Crippen LogP contribution in [0.4, 0.5) is 5.69 Å². The first-order valence-electron chi connectivity index (χ1n) is 6.51. The molecule has 0 amide bonds. The number of pyridine rings is 1. The average molecular weight is 281 g/mol. The number of aromatic nitrogens is 1. The van der Waals surface area contributed by atoms with E-state index >= 15 is 0 Å². The molecule has 0 aliphatic heterocycles. The van der Waals surface area contributed by atoms with Crippen LogP contribution in [0.3, 0.4) is 0 Å². The van der Waals surface area contributed by atoms with Gasteiger partial charge in [0, 0.05) is 11.7 Å². The fourth-order valence-corrected chi connectivity index (χ4v) is 1.33. The smallest absolute Gasteiger partial charge is 0.340 e. The van der Waals surface area contributed by atoms with Gasteiger partial charge < -0.3 is 20.1 Å². The lowest BCUT2D eigenvalue weighted by Crippen LogP contribution is -2.43. The number of hydrogen-bond donors (Lipinski definition) is 1. The van der Waals surface area contributed by atoms with Gasteiger partial charge in [0.15, 0.2) is 0 Å². The van der Waals surface area contributed by atoms with E-state index < -0.39 is 5.97 Å². The van der Waals surface area contributed by atoms with Crippen LogP contribution in [-0.2, 0) is 4.74 Å². The number of hydrogen-bond acceptors (Lipinski definition) is 6. The highest BCUT2D eigenvalue weighted by molar-refractivity contribution is 5.96. The van der Waals surface area contributed by atoms with E-state index in [0.29, 0.717) is 13.2 Å². The van der Waals surface area contributed by atoms with Crippen molar-refractivity contribution in [2.24, 2.45) is 0 Å². The third-order valence-corrected chi connectivity index (χ3v) is 3.22. The lowest BCUT2D eigenvalue weighted by atomic mass is 10.1. The molecule has 0 spiro atoms. The summed E-state index contributed by atoms with van der Waals surface area (Å²) in [5.74, 6) is -0.213. The molecule has 0 radical (unpaired) electrons. The lowest BCUT2D eigenvalue weighted by molar-refractivity contribution is 0.0526. The van der Waals surface area contributed by atoms with Crippen LogP contribution in [0.5, 0.6) is 5.88 Å². The molecule has 0 aliphatic rings. The van der Waals surface area contributed by atoms with Crippen molar-refractivity contribution in [3.63, 3.8) is 0 Å². The Morgan fingerprint density at radius 2 is 2.10 bits per heavy atom. The van der Waals surface area contributed by atoms with Crippen molar-refractivity contribution in [2.45, 2.75) is 26.3 Å². The minimum Gasteiger partial charge on any atom is -0.474 e. The lowest BCUT2D eigenvalue weighted by Gasteiger charge is -2.32. The van der Waals surface area contributed by atoms with E-state index in [1.165, 1.54) is 12.3 Å². The summed E-state index contributed by atoms with van der Waals surface area (Å²) in [5, 5.41) is 0. The fraction of sp³-hybridized carbons (Fsp3) is 0.571. The maximum atomic E-state index is 11.7. The van der Waals surface area contributed by atoms with E-state index in [4.69, 9.17) is 15.2 Å². The fourth-order valence-electron chi connectivity index (χ4n) is 1.33. The first-order chi connectivity index (χ1) is 9.29. The molecular weight excluding hydrogens is 258 g/mol. The largest absolute Gasteiger partial charge is 0.474 e. The van der Waals surface area contributed by atoms with Crippen molar-refractivity contribution in [2.75, 3.05) is 33.0 Å². The van der Waals surface area contributed by atoms with Crippen molar-refractivity contribution in [3.05, 3.63) is 17.8 Å². The Morgan fingerprint density at radius 3 is 2.65 bits per heavy atom. The molecule has 0 atom stereocenters. The summed E-state index contributed by atoms with van der Waals surface area (Å²) in [6.07, 6.45) is 1.49. The van der Waals surface area contributed by atoms with Crippen LogP contribution < -0.4 is 10.5 Å². The highest BCUT2D eigenvalue weighted by atomic mass is 16.5. The molecule has 0 aromatic carbocycles. The first-order valence-corrected chi connectivity index (χ1v) is 6.51. The van der Waals surface area contributed by atoms with Gasteiger partial charge in [0.2, 0.25) is 5.88 Å². The van der Waals surface area contributed by atoms with Crippen LogP contribution in [-0.4, -0.2) is 48.7 Å². The molecule has 0 bridgehead atoms. The SMILES string of the molecule is CCOC(=O)c1ccnc(OCC(C)(C)N(C)C)c1N. The van der Waals surface area contributed by atoms with Crippen LogP contribution in [0.1, 0.15) is 31.1 Å². The van der Waals surface area contributed by atoms with Crippen molar-refractivity contribution >= 4 is 11.7 Å². The number of likely N-dealkylation sites (N-methyl/N-ethyl adjacent to an activating group) is 1. The molecule has 112 valence electrons. The second kappa shape index (κ2) is 6.56. The number of anilines is 1. The quantitative estimate of drug-likeness (QED) is 0.797. The summed E-state index contributed by atoms with van der Waals surface area (Å²) >= 11 is 0. The van der Waals surface area contributed by atoms with Crippen molar-refractivity contribution in [1.29, 1.82) is 0 Å². The van der Waals surface area contributed by atoms with Crippen molar-refractivity contribution in [1.82, 2.24) is 9.88 Å². The van der Waals surface area contributed by atoms with Gasteiger partial charge in [-0.15, -0.1) is 0 Å². The summed E-state index contributed by atoms with van der Waals surface area (Å²) in [7, 11) is 3.93. The van der Waals surface area contributed by atoms with Gasteiger partial charge in [-0.25, -0.2) is 9.78 Å². The topological polar surface area (TPSA) is 77.7 Å². The molecule has 0 saturated carbocycles. The van der Waals surface area contributed by atoms with E-state index in [9.17, 15) is 4.79 Å². The standard InChI is InChI=1S/C14H23N3O3/c1-6-19-13(18)10-7-8-16-12(11(10)15)20-9-14(2,3)17(4)5/h7-8H,6,9,15H2,1-5H3. The van der Waals surface area contributed by atoms with Gasteiger partial charge in [-0.1, -0.05) is 0 Å². The van der Waals surface area contributed by atoms with E-state index in [-0.39, 0.29) is 22.7 Å². The van der Waals surface area contributed by atoms with Gasteiger partial charge in [-0.05, 0) is 40.9 Å². The Kier molecular flexibility index (Phi) is 5.33. The molecule has 1 rings (SSSR count). The zero-order chi connectivity index (χ0) is 15.3. The number of nitrogens with two attached hydrogens (primary N) is 1. The van der Waals surface area contributed by atoms with Gasteiger partial charge >= 0.3 is 5.97 Å². The van der Waals surface area contributed by atoms with Gasteiger partial charge in [0.05, 0.1) is 12.2 Å². The third-order valence-electron chi connectivity index (χ3n) is 3.22. The minimum absolute atomic E-state index is 0.173. The molecule has 6 heteroatoms. The molecule has 0 saturated heterocycles. The molecule has 0 unspecified atom stereocenters. The predicted molar refractivity (Wildman–Crippen MR) is 77.9 cm³/mol. The zero-order valence-corrected chi connectivity index (χ0v) is 12.8. The molecule has 20 heavy (non-hydrogen) atoms. The van der Waals surface area contributed by atoms with Crippen molar-refractivity contribution < 1.29 is 14.3 Å². The Hall–Kier alpha value is -1.82. The number of nitrogens with zero attached hydrogens (tertiary/aromatic N) is 2. The molecule has 6 nitrogen and oxygen atoms in total. The Labute approximate surface area is 119 Å². The summed E-state index contributed by atoms with van der Waals surface area (Å²) in [6.45, 7) is 6.52. The van der Waals surface area contributed by atoms with Crippen molar-refractivity contribution in [3.8, 4) is 5.88 Å². The summed E-state index contributed by atoms with van der Waals surface area (Å²) in [5.41, 5.74) is 6.23. The number of carbonyl (C=O) groups is 1.